The monoisotopic (exact) mass is 245 g/mol. The lowest BCUT2D eigenvalue weighted by atomic mass is 9.85. The molecule has 98 valence electrons. The average Bonchev–Trinajstić information content (AvgIpc) is 2.36. The van der Waals surface area contributed by atoms with E-state index in [2.05, 4.69) is 32.6 Å². The number of aromatic nitrogens is 1. The summed E-state index contributed by atoms with van der Waals surface area (Å²) in [6, 6.07) is 1.93. The van der Waals surface area contributed by atoms with Crippen LogP contribution in [-0.4, -0.2) is 4.57 Å². The molecule has 0 atom stereocenters. The van der Waals surface area contributed by atoms with Crippen LogP contribution in [-0.2, 0) is 7.05 Å². The first-order chi connectivity index (χ1) is 8.44. The van der Waals surface area contributed by atoms with Crippen LogP contribution in [0.4, 0.5) is 0 Å². The Morgan fingerprint density at radius 2 is 2.00 bits per heavy atom. The Balaban J connectivity index is 0.000000771. The summed E-state index contributed by atoms with van der Waals surface area (Å²) >= 11 is 0. The maximum absolute atomic E-state index is 11.9. The van der Waals surface area contributed by atoms with Gasteiger partial charge in [-0.1, -0.05) is 52.5 Å². The second kappa shape index (κ2) is 5.38. The molecule has 0 aromatic carbocycles. The van der Waals surface area contributed by atoms with Crippen LogP contribution < -0.4 is 16.1 Å². The van der Waals surface area contributed by atoms with Gasteiger partial charge in [-0.2, -0.15) is 0 Å². The van der Waals surface area contributed by atoms with E-state index < -0.39 is 0 Å². The highest BCUT2D eigenvalue weighted by atomic mass is 16.1. The number of hydrogen-bond donors (Lipinski definition) is 0. The molecule has 0 bridgehead atoms. The zero-order chi connectivity index (χ0) is 13.9. The Bertz CT molecular complexity index is 618. The van der Waals surface area contributed by atoms with E-state index in [1.165, 1.54) is 0 Å². The first-order valence-electron chi connectivity index (χ1n) is 6.50. The molecule has 0 amide bonds. The summed E-state index contributed by atoms with van der Waals surface area (Å²) in [4.78, 5) is 11.9. The highest BCUT2D eigenvalue weighted by Gasteiger charge is 2.16. The molecular weight excluding hydrogens is 222 g/mol. The predicted octanol–water partition coefficient (Wildman–Crippen LogP) is 2.05. The molecule has 2 nitrogen and oxygen atoms in total. The maximum atomic E-state index is 11.9. The van der Waals surface area contributed by atoms with E-state index in [0.717, 1.165) is 17.0 Å². The Kier molecular flexibility index (Phi) is 4.33. The Morgan fingerprint density at radius 3 is 2.56 bits per heavy atom. The SMILES string of the molecule is C=Cc1cc2c(n(C)c1=O)=CC(C)(C)CC=2.CC. The van der Waals surface area contributed by atoms with E-state index in [1.807, 2.05) is 27.0 Å². The van der Waals surface area contributed by atoms with Gasteiger partial charge in [0.1, 0.15) is 0 Å². The van der Waals surface area contributed by atoms with Crippen LogP contribution in [0.25, 0.3) is 18.2 Å². The number of rotatable bonds is 1. The molecule has 2 heteroatoms. The minimum absolute atomic E-state index is 0.0242. The molecular formula is C16H23NO. The largest absolute Gasteiger partial charge is 0.311 e. The lowest BCUT2D eigenvalue weighted by molar-refractivity contribution is 0.529. The summed E-state index contributed by atoms with van der Waals surface area (Å²) in [7, 11) is 1.82. The van der Waals surface area contributed by atoms with Crippen molar-refractivity contribution in [2.24, 2.45) is 12.5 Å². The number of nitrogens with zero attached hydrogens (tertiary/aromatic N) is 1. The van der Waals surface area contributed by atoms with Gasteiger partial charge in [0.15, 0.2) is 0 Å². The quantitative estimate of drug-likeness (QED) is 0.742. The van der Waals surface area contributed by atoms with E-state index in [-0.39, 0.29) is 11.0 Å². The molecule has 0 unspecified atom stereocenters. The van der Waals surface area contributed by atoms with Crippen molar-refractivity contribution in [3.05, 3.63) is 39.1 Å². The first kappa shape index (κ1) is 14.5. The minimum atomic E-state index is 0.0242. The Morgan fingerprint density at radius 1 is 1.39 bits per heavy atom. The van der Waals surface area contributed by atoms with Crippen LogP contribution in [0.15, 0.2) is 17.4 Å². The molecule has 1 aliphatic carbocycles. The van der Waals surface area contributed by atoms with Crippen molar-refractivity contribution in [3.63, 3.8) is 0 Å². The molecule has 1 heterocycles. The summed E-state index contributed by atoms with van der Waals surface area (Å²) in [5.41, 5.74) is 0.828. The van der Waals surface area contributed by atoms with Gasteiger partial charge in [0, 0.05) is 18.0 Å². The molecule has 1 aromatic rings. The lowest BCUT2D eigenvalue weighted by Crippen LogP contribution is -2.45. The third-order valence-corrected chi connectivity index (χ3v) is 3.12. The van der Waals surface area contributed by atoms with Crippen LogP contribution in [0.3, 0.4) is 0 Å². The highest BCUT2D eigenvalue weighted by Crippen LogP contribution is 2.23. The summed E-state index contributed by atoms with van der Waals surface area (Å²) in [5.74, 6) is 0. The van der Waals surface area contributed by atoms with Crippen molar-refractivity contribution in [3.8, 4) is 0 Å². The number of hydrogen-bond acceptors (Lipinski definition) is 1. The van der Waals surface area contributed by atoms with E-state index >= 15 is 0 Å². The van der Waals surface area contributed by atoms with Crippen LogP contribution in [0.2, 0.25) is 0 Å². The van der Waals surface area contributed by atoms with Crippen LogP contribution >= 0.6 is 0 Å². The summed E-state index contributed by atoms with van der Waals surface area (Å²) in [5, 5.41) is 2.16. The van der Waals surface area contributed by atoms with E-state index in [4.69, 9.17) is 0 Å². The third kappa shape index (κ3) is 2.63. The minimum Gasteiger partial charge on any atom is -0.311 e. The molecule has 2 rings (SSSR count). The second-order valence-corrected chi connectivity index (χ2v) is 5.05. The van der Waals surface area contributed by atoms with Gasteiger partial charge < -0.3 is 4.57 Å². The summed E-state index contributed by atoms with van der Waals surface area (Å²) < 4.78 is 1.71. The van der Waals surface area contributed by atoms with Gasteiger partial charge in [-0.25, -0.2) is 0 Å². The van der Waals surface area contributed by atoms with Gasteiger partial charge in [0.25, 0.3) is 5.56 Å². The third-order valence-electron chi connectivity index (χ3n) is 3.12. The van der Waals surface area contributed by atoms with Gasteiger partial charge in [0.05, 0.1) is 0 Å². The fourth-order valence-electron chi connectivity index (χ4n) is 2.09. The molecule has 0 spiro atoms. The molecule has 1 aliphatic rings. The number of pyridine rings is 1. The van der Waals surface area contributed by atoms with Gasteiger partial charge >= 0.3 is 0 Å². The summed E-state index contributed by atoms with van der Waals surface area (Å²) in [6.07, 6.45) is 7.00. The number of fused-ring (bicyclic) bond motifs is 1. The van der Waals surface area contributed by atoms with Crippen LogP contribution in [0.5, 0.6) is 0 Å². The molecule has 0 N–H and O–H groups in total. The molecule has 0 fully saturated rings. The molecule has 0 saturated carbocycles. The van der Waals surface area contributed by atoms with Crippen molar-refractivity contribution in [2.45, 2.75) is 34.1 Å². The van der Waals surface area contributed by atoms with Gasteiger partial charge in [-0.05, 0) is 23.1 Å². The molecule has 0 aliphatic heterocycles. The van der Waals surface area contributed by atoms with Crippen molar-refractivity contribution in [2.75, 3.05) is 0 Å². The standard InChI is InChI=1S/C14H17NO.C2H6/c1-5-10-8-11-6-7-14(2,3)9-12(11)15(4)13(10)16;1-2/h5-6,8-9H,1,7H2,2-4H3;1-2H3. The fraction of sp³-hybridized carbons (Fsp3) is 0.438. The van der Waals surface area contributed by atoms with Gasteiger partial charge in [-0.15, -0.1) is 0 Å². The first-order valence-corrected chi connectivity index (χ1v) is 6.50. The van der Waals surface area contributed by atoms with Crippen LogP contribution in [0.1, 0.15) is 39.7 Å². The molecule has 0 saturated heterocycles. The average molecular weight is 245 g/mol. The zero-order valence-electron chi connectivity index (χ0n) is 12.1. The highest BCUT2D eigenvalue weighted by molar-refractivity contribution is 5.49. The van der Waals surface area contributed by atoms with Crippen molar-refractivity contribution >= 4 is 18.2 Å². The summed E-state index contributed by atoms with van der Waals surface area (Å²) in [6.45, 7) is 12.0. The van der Waals surface area contributed by atoms with E-state index in [1.54, 1.807) is 10.6 Å². The topological polar surface area (TPSA) is 22.0 Å². The van der Waals surface area contributed by atoms with Gasteiger partial charge in [0.2, 0.25) is 0 Å². The van der Waals surface area contributed by atoms with Crippen LogP contribution in [0, 0.1) is 5.41 Å². The van der Waals surface area contributed by atoms with E-state index in [9.17, 15) is 4.79 Å². The lowest BCUT2D eigenvalue weighted by Gasteiger charge is -2.21. The smallest absolute Gasteiger partial charge is 0.258 e. The van der Waals surface area contributed by atoms with Crippen molar-refractivity contribution in [1.82, 2.24) is 4.57 Å². The Labute approximate surface area is 109 Å². The molecule has 1 aromatic heterocycles. The van der Waals surface area contributed by atoms with Crippen molar-refractivity contribution in [1.29, 1.82) is 0 Å². The second-order valence-electron chi connectivity index (χ2n) is 5.05. The molecule has 0 radical (unpaired) electrons. The Hall–Kier alpha value is -1.57. The predicted molar refractivity (Wildman–Crippen MR) is 79.7 cm³/mol. The zero-order valence-corrected chi connectivity index (χ0v) is 12.1. The van der Waals surface area contributed by atoms with Gasteiger partial charge in [-0.3, -0.25) is 4.79 Å². The fourth-order valence-corrected chi connectivity index (χ4v) is 2.09. The maximum Gasteiger partial charge on any atom is 0.258 e. The van der Waals surface area contributed by atoms with E-state index in [0.29, 0.717) is 5.56 Å². The normalized spacial score (nSPS) is 15.4. The molecule has 18 heavy (non-hydrogen) atoms. The van der Waals surface area contributed by atoms with Crippen molar-refractivity contribution < 1.29 is 0 Å².